The van der Waals surface area contributed by atoms with Gasteiger partial charge in [-0.2, -0.15) is 4.31 Å². The number of ether oxygens (including phenoxy) is 1. The van der Waals surface area contributed by atoms with Crippen LogP contribution in [0.2, 0.25) is 4.34 Å². The first-order chi connectivity index (χ1) is 12.6. The van der Waals surface area contributed by atoms with E-state index in [-0.39, 0.29) is 39.2 Å². The van der Waals surface area contributed by atoms with E-state index in [1.165, 1.54) is 25.2 Å². The van der Waals surface area contributed by atoms with Gasteiger partial charge in [-0.05, 0) is 30.2 Å². The number of carbonyl (C=O) groups excluding carboxylic acids is 2. The van der Waals surface area contributed by atoms with Crippen LogP contribution in [0, 0.1) is 5.82 Å². The number of halogens is 2. The third-order valence-electron chi connectivity index (χ3n) is 4.21. The van der Waals surface area contributed by atoms with Crippen LogP contribution >= 0.6 is 22.9 Å². The molecule has 144 valence electrons. The zero-order valence-corrected chi connectivity index (χ0v) is 16.8. The lowest BCUT2D eigenvalue weighted by molar-refractivity contribution is -0.134. The van der Waals surface area contributed by atoms with Crippen LogP contribution in [0.5, 0.6) is 5.75 Å². The number of hydrogen-bond acceptors (Lipinski definition) is 6. The SMILES string of the molecule is CC1CC(=O)c2c(OC(=O)CN(C)S(=O)(=O)c3ccc(Cl)s3)ccc(F)c21. The third kappa shape index (κ3) is 3.77. The zero-order chi connectivity index (χ0) is 19.9. The Morgan fingerprint density at radius 1 is 1.37 bits per heavy atom. The Hall–Kier alpha value is -1.81. The Morgan fingerprint density at radius 2 is 2.07 bits per heavy atom. The molecule has 6 nitrogen and oxygen atoms in total. The maximum absolute atomic E-state index is 14.0. The minimum Gasteiger partial charge on any atom is -0.425 e. The van der Waals surface area contributed by atoms with E-state index in [9.17, 15) is 22.4 Å². The van der Waals surface area contributed by atoms with Crippen molar-refractivity contribution in [2.24, 2.45) is 0 Å². The molecule has 2 aromatic rings. The first-order valence-electron chi connectivity index (χ1n) is 7.89. The molecule has 10 heteroatoms. The summed E-state index contributed by atoms with van der Waals surface area (Å²) in [6.07, 6.45) is 0.133. The van der Waals surface area contributed by atoms with Crippen molar-refractivity contribution < 1.29 is 27.1 Å². The summed E-state index contributed by atoms with van der Waals surface area (Å²) in [6, 6.07) is 5.12. The van der Waals surface area contributed by atoms with E-state index in [1.807, 2.05) is 0 Å². The molecular formula is C17H15ClFNO5S2. The van der Waals surface area contributed by atoms with Crippen LogP contribution in [0.4, 0.5) is 4.39 Å². The van der Waals surface area contributed by atoms with Crippen LogP contribution in [0.15, 0.2) is 28.5 Å². The molecule has 0 bridgehead atoms. The molecule has 3 rings (SSSR count). The number of carbonyl (C=O) groups is 2. The van der Waals surface area contributed by atoms with Gasteiger partial charge in [0.2, 0.25) is 0 Å². The Kier molecular flexibility index (Phi) is 5.40. The largest absolute Gasteiger partial charge is 0.425 e. The number of benzene rings is 1. The monoisotopic (exact) mass is 431 g/mol. The summed E-state index contributed by atoms with van der Waals surface area (Å²) in [5, 5.41) is 0. The first-order valence-corrected chi connectivity index (χ1v) is 10.5. The number of ketones is 1. The maximum Gasteiger partial charge on any atom is 0.326 e. The number of hydrogen-bond donors (Lipinski definition) is 0. The standard InChI is InChI=1S/C17H15ClFNO5S2/c1-9-7-11(21)17-12(4-3-10(19)16(9)17)25-14(22)8-20(2)27(23,24)15-6-5-13(18)26-15/h3-6,9H,7-8H2,1-2H3. The molecule has 1 unspecified atom stereocenters. The lowest BCUT2D eigenvalue weighted by atomic mass is 10.0. The Balaban J connectivity index is 1.79. The summed E-state index contributed by atoms with van der Waals surface area (Å²) < 4.78 is 45.2. The Morgan fingerprint density at radius 3 is 2.70 bits per heavy atom. The minimum atomic E-state index is -3.90. The molecule has 0 aliphatic heterocycles. The molecule has 0 saturated carbocycles. The third-order valence-corrected chi connectivity index (χ3v) is 7.71. The second-order valence-electron chi connectivity index (χ2n) is 6.16. The van der Waals surface area contributed by atoms with Gasteiger partial charge in [-0.25, -0.2) is 12.8 Å². The second kappa shape index (κ2) is 7.31. The van der Waals surface area contributed by atoms with Crippen LogP contribution in [-0.2, 0) is 14.8 Å². The van der Waals surface area contributed by atoms with Gasteiger partial charge in [0, 0.05) is 19.0 Å². The molecule has 0 spiro atoms. The topological polar surface area (TPSA) is 80.8 Å². The molecule has 0 fully saturated rings. The lowest BCUT2D eigenvalue weighted by Crippen LogP contribution is -2.34. The average Bonchev–Trinajstić information content (AvgIpc) is 3.14. The summed E-state index contributed by atoms with van der Waals surface area (Å²) in [5.74, 6) is -2.09. The van der Waals surface area contributed by atoms with E-state index < -0.39 is 28.4 Å². The van der Waals surface area contributed by atoms with Crippen LogP contribution in [0.25, 0.3) is 0 Å². The van der Waals surface area contributed by atoms with E-state index in [1.54, 1.807) is 6.92 Å². The van der Waals surface area contributed by atoms with E-state index in [2.05, 4.69) is 0 Å². The lowest BCUT2D eigenvalue weighted by Gasteiger charge is -2.16. The number of rotatable bonds is 5. The van der Waals surface area contributed by atoms with Crippen molar-refractivity contribution in [1.29, 1.82) is 0 Å². The van der Waals surface area contributed by atoms with Crippen molar-refractivity contribution in [2.45, 2.75) is 23.5 Å². The van der Waals surface area contributed by atoms with Gasteiger partial charge in [0.15, 0.2) is 5.78 Å². The van der Waals surface area contributed by atoms with E-state index in [0.29, 0.717) is 4.34 Å². The molecule has 0 saturated heterocycles. The van der Waals surface area contributed by atoms with Gasteiger partial charge < -0.3 is 4.74 Å². The first kappa shape index (κ1) is 19.9. The van der Waals surface area contributed by atoms with Crippen molar-refractivity contribution >= 4 is 44.7 Å². The fraction of sp³-hybridized carbons (Fsp3) is 0.294. The van der Waals surface area contributed by atoms with Gasteiger partial charge in [0.05, 0.1) is 9.90 Å². The van der Waals surface area contributed by atoms with Gasteiger partial charge in [-0.15, -0.1) is 11.3 Å². The van der Waals surface area contributed by atoms with E-state index in [4.69, 9.17) is 16.3 Å². The Labute approximate surface area is 164 Å². The summed E-state index contributed by atoms with van der Waals surface area (Å²) in [6.45, 7) is 1.14. The van der Waals surface area contributed by atoms with Crippen molar-refractivity contribution in [1.82, 2.24) is 4.31 Å². The second-order valence-corrected chi connectivity index (χ2v) is 10.1. The van der Waals surface area contributed by atoms with Crippen molar-refractivity contribution in [2.75, 3.05) is 13.6 Å². The maximum atomic E-state index is 14.0. The predicted octanol–water partition coefficient (Wildman–Crippen LogP) is 3.46. The predicted molar refractivity (Wildman–Crippen MR) is 98.5 cm³/mol. The van der Waals surface area contributed by atoms with Gasteiger partial charge in [0.1, 0.15) is 22.3 Å². The summed E-state index contributed by atoms with van der Waals surface area (Å²) in [5.41, 5.74) is 0.269. The zero-order valence-electron chi connectivity index (χ0n) is 14.4. The molecule has 1 aliphatic carbocycles. The highest BCUT2D eigenvalue weighted by Crippen LogP contribution is 2.39. The summed E-state index contributed by atoms with van der Waals surface area (Å²) in [7, 11) is -2.67. The fourth-order valence-electron chi connectivity index (χ4n) is 2.92. The van der Waals surface area contributed by atoms with E-state index >= 15 is 0 Å². The molecule has 0 radical (unpaired) electrons. The normalized spacial score (nSPS) is 16.6. The number of thiophene rings is 1. The molecule has 1 aromatic heterocycles. The Bertz CT molecular complexity index is 1030. The molecular weight excluding hydrogens is 417 g/mol. The van der Waals surface area contributed by atoms with Gasteiger partial charge in [-0.1, -0.05) is 18.5 Å². The number of fused-ring (bicyclic) bond motifs is 1. The molecule has 27 heavy (non-hydrogen) atoms. The average molecular weight is 432 g/mol. The van der Waals surface area contributed by atoms with Crippen LogP contribution in [0.3, 0.4) is 0 Å². The van der Waals surface area contributed by atoms with Crippen molar-refractivity contribution in [3.63, 3.8) is 0 Å². The highest BCUT2D eigenvalue weighted by atomic mass is 35.5. The fourth-order valence-corrected chi connectivity index (χ4v) is 5.73. The molecule has 1 heterocycles. The van der Waals surface area contributed by atoms with Gasteiger partial charge in [0.25, 0.3) is 10.0 Å². The van der Waals surface area contributed by atoms with Crippen LogP contribution in [0.1, 0.15) is 35.2 Å². The number of likely N-dealkylation sites (N-methyl/N-ethyl adjacent to an activating group) is 1. The number of esters is 1. The molecule has 0 N–H and O–H groups in total. The summed E-state index contributed by atoms with van der Waals surface area (Å²) in [4.78, 5) is 24.3. The van der Waals surface area contributed by atoms with Crippen molar-refractivity contribution in [3.05, 3.63) is 45.5 Å². The quantitative estimate of drug-likeness (QED) is 0.535. The number of nitrogens with zero attached hydrogens (tertiary/aromatic N) is 1. The molecule has 1 aliphatic rings. The van der Waals surface area contributed by atoms with Gasteiger partial charge >= 0.3 is 5.97 Å². The highest BCUT2D eigenvalue weighted by molar-refractivity contribution is 7.91. The molecule has 0 amide bonds. The van der Waals surface area contributed by atoms with Crippen LogP contribution in [-0.4, -0.2) is 38.1 Å². The van der Waals surface area contributed by atoms with Crippen molar-refractivity contribution in [3.8, 4) is 5.75 Å². The molecule has 1 atom stereocenters. The minimum absolute atomic E-state index is 0.00511. The van der Waals surface area contributed by atoms with Gasteiger partial charge in [-0.3, -0.25) is 9.59 Å². The highest BCUT2D eigenvalue weighted by Gasteiger charge is 2.33. The smallest absolute Gasteiger partial charge is 0.326 e. The number of sulfonamides is 1. The van der Waals surface area contributed by atoms with Crippen LogP contribution < -0.4 is 4.74 Å². The van der Waals surface area contributed by atoms with E-state index in [0.717, 1.165) is 21.7 Å². The summed E-state index contributed by atoms with van der Waals surface area (Å²) >= 11 is 6.63. The number of Topliss-reactive ketones (excluding diaryl/α,β-unsaturated/α-hetero) is 1. The molecule has 1 aromatic carbocycles.